The lowest BCUT2D eigenvalue weighted by Gasteiger charge is -2.40. The van der Waals surface area contributed by atoms with Gasteiger partial charge in [0.15, 0.2) is 0 Å². The van der Waals surface area contributed by atoms with Crippen molar-refractivity contribution >= 4 is 17.6 Å². The molecule has 0 unspecified atom stereocenters. The Kier molecular flexibility index (Phi) is 3.47. The minimum atomic E-state index is -0.389. The van der Waals surface area contributed by atoms with Gasteiger partial charge in [0, 0.05) is 6.54 Å². The summed E-state index contributed by atoms with van der Waals surface area (Å²) >= 11 is 0. The van der Waals surface area contributed by atoms with E-state index in [1.54, 1.807) is 0 Å². The number of carbonyl (C=O) groups is 2. The van der Waals surface area contributed by atoms with E-state index in [1.165, 1.54) is 17.7 Å². The molecule has 3 amide bonds. The van der Waals surface area contributed by atoms with Crippen molar-refractivity contribution in [3.63, 3.8) is 0 Å². The first-order valence-electron chi connectivity index (χ1n) is 7.40. The molecule has 1 aromatic carbocycles. The number of nitrogens with one attached hydrogen (secondary N) is 1. The number of benzene rings is 1. The van der Waals surface area contributed by atoms with E-state index in [2.05, 4.69) is 5.32 Å². The predicted molar refractivity (Wildman–Crippen MR) is 77.5 cm³/mol. The lowest BCUT2D eigenvalue weighted by molar-refractivity contribution is -0.129. The number of rotatable bonds is 1. The third-order valence-electron chi connectivity index (χ3n) is 4.51. The topological polar surface area (TPSA) is 49.4 Å². The summed E-state index contributed by atoms with van der Waals surface area (Å²) in [7, 11) is 0. The summed E-state index contributed by atoms with van der Waals surface area (Å²) in [5, 5.41) is 2.92. The van der Waals surface area contributed by atoms with Gasteiger partial charge < -0.3 is 5.32 Å². The Morgan fingerprint density at radius 3 is 2.25 bits per heavy atom. The molecule has 1 heterocycles. The quantitative estimate of drug-likeness (QED) is 0.854. The molecule has 2 fully saturated rings. The molecule has 1 saturated heterocycles. The van der Waals surface area contributed by atoms with Crippen molar-refractivity contribution in [2.24, 2.45) is 5.41 Å². The van der Waals surface area contributed by atoms with Gasteiger partial charge in [0.25, 0.3) is 0 Å². The maximum absolute atomic E-state index is 12.9. The Labute approximate surface area is 119 Å². The SMILES string of the molecule is O=C1NCC2(CCCCCC2)C(=O)N1c1ccccc1. The minimum Gasteiger partial charge on any atom is -0.336 e. The Hall–Kier alpha value is -1.84. The highest BCUT2D eigenvalue weighted by Crippen LogP contribution is 2.39. The zero-order chi connectivity index (χ0) is 14.0. The molecular formula is C16H20N2O2. The number of nitrogens with zero attached hydrogens (tertiary/aromatic N) is 1. The van der Waals surface area contributed by atoms with Crippen LogP contribution in [0.2, 0.25) is 0 Å². The standard InChI is InChI=1S/C16H20N2O2/c19-14-16(10-6-1-2-7-11-16)12-17-15(20)18(14)13-8-4-3-5-9-13/h3-5,8-9H,1-2,6-7,10-12H2,(H,17,20). The van der Waals surface area contributed by atoms with Gasteiger partial charge in [-0.2, -0.15) is 0 Å². The average Bonchev–Trinajstić information content (AvgIpc) is 2.72. The summed E-state index contributed by atoms with van der Waals surface area (Å²) in [6, 6.07) is 8.92. The zero-order valence-corrected chi connectivity index (χ0v) is 11.6. The van der Waals surface area contributed by atoms with Gasteiger partial charge in [-0.3, -0.25) is 4.79 Å². The monoisotopic (exact) mass is 272 g/mol. The molecule has 1 saturated carbocycles. The second-order valence-corrected chi connectivity index (χ2v) is 5.83. The first-order chi connectivity index (χ1) is 9.73. The second-order valence-electron chi connectivity index (χ2n) is 5.83. The fourth-order valence-corrected chi connectivity index (χ4v) is 3.34. The van der Waals surface area contributed by atoms with Crippen LogP contribution >= 0.6 is 0 Å². The van der Waals surface area contributed by atoms with Crippen molar-refractivity contribution in [2.45, 2.75) is 38.5 Å². The molecule has 1 aromatic rings. The number of urea groups is 1. The number of carbonyl (C=O) groups excluding carboxylic acids is 2. The third-order valence-corrected chi connectivity index (χ3v) is 4.51. The van der Waals surface area contributed by atoms with Crippen LogP contribution in [-0.2, 0) is 4.79 Å². The summed E-state index contributed by atoms with van der Waals surface area (Å²) in [5.41, 5.74) is 0.276. The fourth-order valence-electron chi connectivity index (χ4n) is 3.34. The van der Waals surface area contributed by atoms with Crippen molar-refractivity contribution in [3.8, 4) is 0 Å². The number of hydrogen-bond donors (Lipinski definition) is 1. The Bertz CT molecular complexity index is 504. The highest BCUT2D eigenvalue weighted by Gasteiger charge is 2.47. The molecule has 20 heavy (non-hydrogen) atoms. The largest absolute Gasteiger partial charge is 0.336 e. The molecule has 1 aliphatic heterocycles. The molecule has 1 N–H and O–H groups in total. The average molecular weight is 272 g/mol. The molecule has 0 atom stereocenters. The summed E-state index contributed by atoms with van der Waals surface area (Å²) in [5.74, 6) is -0.0191. The van der Waals surface area contributed by atoms with E-state index >= 15 is 0 Å². The number of amides is 3. The number of anilines is 1. The van der Waals surface area contributed by atoms with Gasteiger partial charge in [0.2, 0.25) is 5.91 Å². The van der Waals surface area contributed by atoms with Crippen LogP contribution < -0.4 is 10.2 Å². The molecule has 0 aromatic heterocycles. The first kappa shape index (κ1) is 13.2. The van der Waals surface area contributed by atoms with Crippen LogP contribution in [0.3, 0.4) is 0 Å². The van der Waals surface area contributed by atoms with E-state index in [0.29, 0.717) is 12.2 Å². The van der Waals surface area contributed by atoms with Gasteiger partial charge in [-0.15, -0.1) is 0 Å². The van der Waals surface area contributed by atoms with Crippen LogP contribution in [0.4, 0.5) is 10.5 Å². The van der Waals surface area contributed by atoms with Gasteiger partial charge in [-0.05, 0) is 25.0 Å². The zero-order valence-electron chi connectivity index (χ0n) is 11.6. The van der Waals surface area contributed by atoms with Gasteiger partial charge >= 0.3 is 6.03 Å². The molecule has 0 bridgehead atoms. The summed E-state index contributed by atoms with van der Waals surface area (Å²) < 4.78 is 0. The van der Waals surface area contributed by atoms with Gasteiger partial charge in [-0.25, -0.2) is 9.69 Å². The number of para-hydroxylation sites is 1. The van der Waals surface area contributed by atoms with E-state index in [9.17, 15) is 9.59 Å². The van der Waals surface area contributed by atoms with E-state index in [0.717, 1.165) is 25.7 Å². The van der Waals surface area contributed by atoms with E-state index in [1.807, 2.05) is 30.3 Å². The van der Waals surface area contributed by atoms with E-state index in [4.69, 9.17) is 0 Å². The van der Waals surface area contributed by atoms with E-state index < -0.39 is 0 Å². The van der Waals surface area contributed by atoms with Crippen molar-refractivity contribution in [1.29, 1.82) is 0 Å². The van der Waals surface area contributed by atoms with Crippen molar-refractivity contribution < 1.29 is 9.59 Å². The van der Waals surface area contributed by atoms with Crippen LogP contribution in [0.1, 0.15) is 38.5 Å². The molecule has 1 spiro atoms. The normalized spacial score (nSPS) is 22.5. The summed E-state index contributed by atoms with van der Waals surface area (Å²) in [6.07, 6.45) is 6.29. The van der Waals surface area contributed by atoms with Crippen LogP contribution in [-0.4, -0.2) is 18.5 Å². The van der Waals surface area contributed by atoms with Crippen LogP contribution in [0, 0.1) is 5.41 Å². The molecule has 2 aliphatic rings. The Morgan fingerprint density at radius 1 is 0.950 bits per heavy atom. The minimum absolute atomic E-state index is 0.0191. The highest BCUT2D eigenvalue weighted by atomic mass is 16.2. The van der Waals surface area contributed by atoms with Crippen LogP contribution in [0.5, 0.6) is 0 Å². The summed E-state index contributed by atoms with van der Waals surface area (Å²) in [6.45, 7) is 0.494. The maximum Gasteiger partial charge on any atom is 0.328 e. The number of hydrogen-bond acceptors (Lipinski definition) is 2. The summed E-state index contributed by atoms with van der Waals surface area (Å²) in [4.78, 5) is 26.4. The van der Waals surface area contributed by atoms with Gasteiger partial charge in [0.05, 0.1) is 11.1 Å². The van der Waals surface area contributed by atoms with Gasteiger partial charge in [0.1, 0.15) is 0 Å². The number of imide groups is 1. The molecule has 4 heteroatoms. The lowest BCUT2D eigenvalue weighted by Crippen LogP contribution is -2.60. The highest BCUT2D eigenvalue weighted by molar-refractivity contribution is 6.18. The van der Waals surface area contributed by atoms with Crippen LogP contribution in [0.15, 0.2) is 30.3 Å². The van der Waals surface area contributed by atoms with Crippen molar-refractivity contribution in [3.05, 3.63) is 30.3 Å². The smallest absolute Gasteiger partial charge is 0.328 e. The fraction of sp³-hybridized carbons (Fsp3) is 0.500. The molecular weight excluding hydrogens is 252 g/mol. The molecule has 0 radical (unpaired) electrons. The molecule has 106 valence electrons. The van der Waals surface area contributed by atoms with Crippen molar-refractivity contribution in [2.75, 3.05) is 11.4 Å². The first-order valence-corrected chi connectivity index (χ1v) is 7.40. The second kappa shape index (κ2) is 5.27. The molecule has 1 aliphatic carbocycles. The molecule has 3 rings (SSSR count). The predicted octanol–water partition coefficient (Wildman–Crippen LogP) is 3.08. The van der Waals surface area contributed by atoms with Crippen molar-refractivity contribution in [1.82, 2.24) is 5.32 Å². The van der Waals surface area contributed by atoms with E-state index in [-0.39, 0.29) is 17.4 Å². The maximum atomic E-state index is 12.9. The third kappa shape index (κ3) is 2.19. The Morgan fingerprint density at radius 2 is 1.60 bits per heavy atom. The Balaban J connectivity index is 1.93. The molecule has 4 nitrogen and oxygen atoms in total. The van der Waals surface area contributed by atoms with Crippen LogP contribution in [0.25, 0.3) is 0 Å². The van der Waals surface area contributed by atoms with Gasteiger partial charge in [-0.1, -0.05) is 43.9 Å². The lowest BCUT2D eigenvalue weighted by atomic mass is 9.77.